The lowest BCUT2D eigenvalue weighted by Crippen LogP contribution is -2.36. The summed E-state index contributed by atoms with van der Waals surface area (Å²) in [6, 6.07) is 7.28. The number of halogens is 3. The first kappa shape index (κ1) is 19.7. The molecular formula is C17H21F3N4O2S. The SMILES string of the molecule is CCCN(Cn1nc([C@H]2COc3ccccc3O2)n(C)c1=S)CC(F)(F)F. The van der Waals surface area contributed by atoms with Crippen LogP contribution >= 0.6 is 12.2 Å². The number of hydrogen-bond acceptors (Lipinski definition) is 5. The van der Waals surface area contributed by atoms with Gasteiger partial charge in [0.15, 0.2) is 28.2 Å². The number of ether oxygens (including phenoxy) is 2. The van der Waals surface area contributed by atoms with E-state index in [0.29, 0.717) is 35.1 Å². The monoisotopic (exact) mass is 402 g/mol. The third-order valence-corrected chi connectivity index (χ3v) is 4.63. The first-order chi connectivity index (χ1) is 12.8. The van der Waals surface area contributed by atoms with Gasteiger partial charge < -0.3 is 14.0 Å². The van der Waals surface area contributed by atoms with Gasteiger partial charge in [-0.3, -0.25) is 4.90 Å². The molecule has 0 aliphatic carbocycles. The number of alkyl halides is 3. The smallest absolute Gasteiger partial charge is 0.401 e. The average Bonchev–Trinajstić information content (AvgIpc) is 2.88. The lowest BCUT2D eigenvalue weighted by Gasteiger charge is -2.25. The standard InChI is InChI=1S/C17H21F3N4O2S/c1-3-8-23(10-17(18,19)20)11-24-16(27)22(2)15(21-24)14-9-25-12-6-4-5-7-13(12)26-14/h4-7,14H,3,8-11H2,1-2H3/t14-/m1/s1. The molecule has 1 atom stereocenters. The van der Waals surface area contributed by atoms with Gasteiger partial charge in [-0.2, -0.15) is 18.3 Å². The molecule has 148 valence electrons. The molecule has 0 saturated carbocycles. The van der Waals surface area contributed by atoms with Crippen molar-refractivity contribution in [2.24, 2.45) is 7.05 Å². The lowest BCUT2D eigenvalue weighted by atomic mass is 10.2. The molecule has 6 nitrogen and oxygen atoms in total. The van der Waals surface area contributed by atoms with Crippen molar-refractivity contribution in [1.82, 2.24) is 19.2 Å². The Morgan fingerprint density at radius 3 is 2.67 bits per heavy atom. The minimum absolute atomic E-state index is 0.0375. The fourth-order valence-electron chi connectivity index (χ4n) is 2.98. The molecule has 0 N–H and O–H groups in total. The maximum absolute atomic E-state index is 12.8. The summed E-state index contributed by atoms with van der Waals surface area (Å²) >= 11 is 5.36. The van der Waals surface area contributed by atoms with Crippen molar-refractivity contribution in [3.63, 3.8) is 0 Å². The summed E-state index contributed by atoms with van der Waals surface area (Å²) in [5.41, 5.74) is 0. The molecule has 0 amide bonds. The van der Waals surface area contributed by atoms with Gasteiger partial charge in [-0.1, -0.05) is 19.1 Å². The summed E-state index contributed by atoms with van der Waals surface area (Å²) in [5, 5.41) is 4.42. The van der Waals surface area contributed by atoms with Crippen LogP contribution in [0.2, 0.25) is 0 Å². The number of aromatic nitrogens is 3. The van der Waals surface area contributed by atoms with Crippen molar-refractivity contribution in [2.45, 2.75) is 32.3 Å². The van der Waals surface area contributed by atoms with Gasteiger partial charge in [0.05, 0.1) is 13.2 Å². The Bertz CT molecular complexity index is 849. The molecule has 1 aromatic heterocycles. The average molecular weight is 402 g/mol. The second-order valence-corrected chi connectivity index (χ2v) is 6.74. The van der Waals surface area contributed by atoms with E-state index >= 15 is 0 Å². The van der Waals surface area contributed by atoms with Crippen LogP contribution < -0.4 is 9.47 Å². The van der Waals surface area contributed by atoms with Crippen molar-refractivity contribution >= 4 is 12.2 Å². The molecule has 0 fully saturated rings. The predicted molar refractivity (Wildman–Crippen MR) is 95.3 cm³/mol. The van der Waals surface area contributed by atoms with E-state index in [0.717, 1.165) is 0 Å². The summed E-state index contributed by atoms with van der Waals surface area (Å²) in [5.74, 6) is 1.76. The quantitative estimate of drug-likeness (QED) is 0.690. The van der Waals surface area contributed by atoms with Crippen LogP contribution in [-0.4, -0.2) is 45.1 Å². The fourth-order valence-corrected chi connectivity index (χ4v) is 3.18. The summed E-state index contributed by atoms with van der Waals surface area (Å²) in [4.78, 5) is 1.28. The number of benzene rings is 1. The molecule has 3 rings (SSSR count). The highest BCUT2D eigenvalue weighted by Crippen LogP contribution is 2.35. The third-order valence-electron chi connectivity index (χ3n) is 4.15. The van der Waals surface area contributed by atoms with Crippen LogP contribution in [-0.2, 0) is 13.7 Å². The Kier molecular flexibility index (Phi) is 5.75. The summed E-state index contributed by atoms with van der Waals surface area (Å²) in [6.45, 7) is 1.33. The molecule has 1 aliphatic rings. The number of fused-ring (bicyclic) bond motifs is 1. The number of hydrogen-bond donors (Lipinski definition) is 0. The van der Waals surface area contributed by atoms with Gasteiger partial charge in [-0.25, -0.2) is 4.68 Å². The Morgan fingerprint density at radius 2 is 2.00 bits per heavy atom. The summed E-state index contributed by atoms with van der Waals surface area (Å²) in [6.07, 6.45) is -4.17. The van der Waals surface area contributed by atoms with E-state index in [9.17, 15) is 13.2 Å². The van der Waals surface area contributed by atoms with Crippen molar-refractivity contribution in [2.75, 3.05) is 19.7 Å². The number of nitrogens with zero attached hydrogens (tertiary/aromatic N) is 4. The number of para-hydroxylation sites is 2. The van der Waals surface area contributed by atoms with Gasteiger partial charge >= 0.3 is 6.18 Å². The molecular weight excluding hydrogens is 381 g/mol. The van der Waals surface area contributed by atoms with Crippen LogP contribution in [0.3, 0.4) is 0 Å². The van der Waals surface area contributed by atoms with Crippen molar-refractivity contribution in [3.8, 4) is 11.5 Å². The van der Waals surface area contributed by atoms with E-state index in [-0.39, 0.29) is 13.3 Å². The Balaban J connectivity index is 1.81. The van der Waals surface area contributed by atoms with Gasteiger partial charge in [0.25, 0.3) is 0 Å². The van der Waals surface area contributed by atoms with Crippen LogP contribution in [0.25, 0.3) is 0 Å². The molecule has 0 radical (unpaired) electrons. The Labute approximate surface area is 160 Å². The van der Waals surface area contributed by atoms with E-state index in [1.54, 1.807) is 17.7 Å². The summed E-state index contributed by atoms with van der Waals surface area (Å²) < 4.78 is 53.4. The highest BCUT2D eigenvalue weighted by atomic mass is 32.1. The minimum Gasteiger partial charge on any atom is -0.485 e. The molecule has 0 unspecified atom stereocenters. The van der Waals surface area contributed by atoms with Gasteiger partial charge in [-0.15, -0.1) is 0 Å². The molecule has 10 heteroatoms. The van der Waals surface area contributed by atoms with Crippen LogP contribution in [0.15, 0.2) is 24.3 Å². The molecule has 0 bridgehead atoms. The van der Waals surface area contributed by atoms with Crippen molar-refractivity contribution in [3.05, 3.63) is 34.9 Å². The van der Waals surface area contributed by atoms with Crippen molar-refractivity contribution < 1.29 is 22.6 Å². The van der Waals surface area contributed by atoms with Gasteiger partial charge in [-0.05, 0) is 37.3 Å². The predicted octanol–water partition coefficient (Wildman–Crippen LogP) is 3.70. The highest BCUT2D eigenvalue weighted by molar-refractivity contribution is 7.71. The van der Waals surface area contributed by atoms with E-state index < -0.39 is 18.8 Å². The van der Waals surface area contributed by atoms with Crippen LogP contribution in [0.1, 0.15) is 25.3 Å². The second-order valence-electron chi connectivity index (χ2n) is 6.37. The normalized spacial score (nSPS) is 16.7. The van der Waals surface area contributed by atoms with Gasteiger partial charge in [0.2, 0.25) is 0 Å². The molecule has 1 aromatic carbocycles. The second kappa shape index (κ2) is 7.89. The zero-order valence-corrected chi connectivity index (χ0v) is 15.9. The van der Waals surface area contributed by atoms with Crippen LogP contribution in [0, 0.1) is 4.77 Å². The zero-order valence-electron chi connectivity index (χ0n) is 15.1. The molecule has 1 aliphatic heterocycles. The topological polar surface area (TPSA) is 44.5 Å². The van der Waals surface area contributed by atoms with Gasteiger partial charge in [0.1, 0.15) is 6.61 Å². The summed E-state index contributed by atoms with van der Waals surface area (Å²) in [7, 11) is 1.72. The molecule has 0 spiro atoms. The first-order valence-electron chi connectivity index (χ1n) is 8.60. The van der Waals surface area contributed by atoms with Crippen LogP contribution in [0.5, 0.6) is 11.5 Å². The first-order valence-corrected chi connectivity index (χ1v) is 9.00. The third kappa shape index (κ3) is 4.62. The van der Waals surface area contributed by atoms with E-state index in [1.165, 1.54) is 9.58 Å². The molecule has 2 aromatic rings. The van der Waals surface area contributed by atoms with Crippen molar-refractivity contribution in [1.29, 1.82) is 0 Å². The Hall–Kier alpha value is -2.07. The lowest BCUT2D eigenvalue weighted by molar-refractivity contribution is -0.149. The van der Waals surface area contributed by atoms with Gasteiger partial charge in [0, 0.05) is 7.05 Å². The zero-order chi connectivity index (χ0) is 19.6. The molecule has 2 heterocycles. The molecule has 27 heavy (non-hydrogen) atoms. The van der Waals surface area contributed by atoms with Crippen LogP contribution in [0.4, 0.5) is 13.2 Å². The highest BCUT2D eigenvalue weighted by Gasteiger charge is 2.31. The maximum Gasteiger partial charge on any atom is 0.401 e. The van der Waals surface area contributed by atoms with E-state index in [2.05, 4.69) is 5.10 Å². The largest absolute Gasteiger partial charge is 0.485 e. The maximum atomic E-state index is 12.8. The molecule has 0 saturated heterocycles. The Morgan fingerprint density at radius 1 is 1.30 bits per heavy atom. The van der Waals surface area contributed by atoms with E-state index in [1.807, 2.05) is 25.1 Å². The minimum atomic E-state index is -4.28. The number of rotatable bonds is 6. The fraction of sp³-hybridized carbons (Fsp3) is 0.529. The van der Waals surface area contributed by atoms with E-state index in [4.69, 9.17) is 21.7 Å².